The van der Waals surface area contributed by atoms with Crippen molar-refractivity contribution in [3.63, 3.8) is 0 Å². The van der Waals surface area contributed by atoms with Gasteiger partial charge in [0.2, 0.25) is 6.10 Å². The van der Waals surface area contributed by atoms with Crippen LogP contribution >= 0.6 is 0 Å². The fourth-order valence-electron chi connectivity index (χ4n) is 4.12. The summed E-state index contributed by atoms with van der Waals surface area (Å²) in [7, 11) is 0. The highest BCUT2D eigenvalue weighted by Crippen LogP contribution is 2.36. The first kappa shape index (κ1) is 25.1. The van der Waals surface area contributed by atoms with E-state index in [0.717, 1.165) is 20.8 Å². The fraction of sp³-hybridized carbons (Fsp3) is 0.700. The van der Waals surface area contributed by atoms with Crippen molar-refractivity contribution in [1.82, 2.24) is 4.90 Å². The minimum absolute atomic E-state index is 0.0599. The van der Waals surface area contributed by atoms with Crippen LogP contribution in [-0.2, 0) is 52.5 Å². The van der Waals surface area contributed by atoms with Crippen molar-refractivity contribution in [3.05, 3.63) is 0 Å². The largest absolute Gasteiger partial charge is 0.464 e. The molecule has 0 saturated carbocycles. The molecule has 0 bridgehead atoms. The standard InChI is InChI=1S/C20H27NO11/c1-9(22)28-8-15-18(31-12(4)25)16(29-10(2)23)6-14-7-17(30-11(3)24)19(32-13(5)26)20(27)21(14)15/h14-19H,6-8H2,1-5H3/t14-,15+,16-,17-,18+,19-/m1/s1. The fourth-order valence-corrected chi connectivity index (χ4v) is 4.12. The predicted molar refractivity (Wildman–Crippen MR) is 103 cm³/mol. The van der Waals surface area contributed by atoms with Crippen molar-refractivity contribution >= 4 is 35.8 Å². The molecule has 2 aliphatic rings. The quantitative estimate of drug-likeness (QED) is 0.380. The van der Waals surface area contributed by atoms with Crippen LogP contribution < -0.4 is 0 Å². The minimum atomic E-state index is -1.43. The molecule has 0 unspecified atom stereocenters. The monoisotopic (exact) mass is 457 g/mol. The summed E-state index contributed by atoms with van der Waals surface area (Å²) in [5, 5.41) is 0. The SMILES string of the molecule is CC(=O)OC[C@H]1[C@H](OC(C)=O)[C@H](OC(C)=O)C[C@@H]2C[C@@H](OC(C)=O)[C@@H](OC(C)=O)C(=O)N21. The third kappa shape index (κ3) is 6.17. The summed E-state index contributed by atoms with van der Waals surface area (Å²) in [6, 6.07) is -1.68. The zero-order valence-corrected chi connectivity index (χ0v) is 18.5. The Hall–Kier alpha value is -3.18. The van der Waals surface area contributed by atoms with Crippen LogP contribution in [0.1, 0.15) is 47.5 Å². The Morgan fingerprint density at radius 1 is 0.750 bits per heavy atom. The van der Waals surface area contributed by atoms with Crippen LogP contribution in [0.3, 0.4) is 0 Å². The molecular formula is C20H27NO11. The van der Waals surface area contributed by atoms with E-state index >= 15 is 0 Å². The van der Waals surface area contributed by atoms with Crippen molar-refractivity contribution in [1.29, 1.82) is 0 Å². The van der Waals surface area contributed by atoms with Gasteiger partial charge in [-0.25, -0.2) is 0 Å². The molecule has 0 aromatic rings. The number of fused-ring (bicyclic) bond motifs is 1. The second kappa shape index (κ2) is 10.4. The van der Waals surface area contributed by atoms with E-state index < -0.39 is 72.3 Å². The zero-order chi connectivity index (χ0) is 24.2. The lowest BCUT2D eigenvalue weighted by molar-refractivity contribution is -0.209. The van der Waals surface area contributed by atoms with Crippen molar-refractivity contribution in [3.8, 4) is 0 Å². The summed E-state index contributed by atoms with van der Waals surface area (Å²) in [6.45, 7) is 5.40. The number of hydrogen-bond acceptors (Lipinski definition) is 11. The summed E-state index contributed by atoms with van der Waals surface area (Å²) in [5.74, 6) is -4.12. The molecule has 12 nitrogen and oxygen atoms in total. The van der Waals surface area contributed by atoms with Gasteiger partial charge in [-0.3, -0.25) is 28.8 Å². The highest BCUT2D eigenvalue weighted by Gasteiger charge is 2.56. The topological polar surface area (TPSA) is 152 Å². The first-order valence-electron chi connectivity index (χ1n) is 10.0. The number of esters is 5. The molecule has 1 amide bonds. The molecule has 32 heavy (non-hydrogen) atoms. The van der Waals surface area contributed by atoms with E-state index in [-0.39, 0.29) is 19.4 Å². The number of ether oxygens (including phenoxy) is 5. The van der Waals surface area contributed by atoms with Gasteiger partial charge in [0.15, 0.2) is 6.10 Å². The van der Waals surface area contributed by atoms with Crippen LogP contribution in [0.5, 0.6) is 0 Å². The molecule has 0 aromatic carbocycles. The maximum absolute atomic E-state index is 13.4. The van der Waals surface area contributed by atoms with Crippen molar-refractivity contribution in [2.45, 2.75) is 84.0 Å². The van der Waals surface area contributed by atoms with E-state index in [2.05, 4.69) is 0 Å². The molecule has 178 valence electrons. The first-order valence-corrected chi connectivity index (χ1v) is 10.0. The van der Waals surface area contributed by atoms with E-state index in [9.17, 15) is 28.8 Å². The zero-order valence-electron chi connectivity index (χ0n) is 18.5. The Balaban J connectivity index is 2.48. The molecule has 2 saturated heterocycles. The molecule has 0 aliphatic carbocycles. The van der Waals surface area contributed by atoms with Crippen LogP contribution in [-0.4, -0.2) is 83.8 Å². The first-order chi connectivity index (χ1) is 14.9. The van der Waals surface area contributed by atoms with Crippen LogP contribution in [0.4, 0.5) is 0 Å². The van der Waals surface area contributed by atoms with Gasteiger partial charge in [0.1, 0.15) is 24.9 Å². The summed E-state index contributed by atoms with van der Waals surface area (Å²) in [5.41, 5.74) is 0. The maximum atomic E-state index is 13.4. The normalized spacial score (nSPS) is 29.3. The Labute approximate surface area is 184 Å². The number of carbonyl (C=O) groups is 6. The Morgan fingerprint density at radius 3 is 1.75 bits per heavy atom. The molecule has 2 aliphatic heterocycles. The van der Waals surface area contributed by atoms with E-state index in [1.54, 1.807) is 0 Å². The summed E-state index contributed by atoms with van der Waals surface area (Å²) >= 11 is 0. The van der Waals surface area contributed by atoms with Gasteiger partial charge in [0.25, 0.3) is 5.91 Å². The maximum Gasteiger partial charge on any atom is 0.303 e. The highest BCUT2D eigenvalue weighted by atomic mass is 16.6. The van der Waals surface area contributed by atoms with Gasteiger partial charge in [0.05, 0.1) is 0 Å². The van der Waals surface area contributed by atoms with Gasteiger partial charge in [-0.2, -0.15) is 0 Å². The molecule has 0 N–H and O–H groups in total. The number of nitrogens with zero attached hydrogens (tertiary/aromatic N) is 1. The van der Waals surface area contributed by atoms with Crippen LogP contribution in [0.2, 0.25) is 0 Å². The van der Waals surface area contributed by atoms with Gasteiger partial charge in [-0.15, -0.1) is 0 Å². The number of piperidine rings is 2. The molecule has 0 aromatic heterocycles. The third-order valence-electron chi connectivity index (χ3n) is 5.03. The number of amides is 1. The van der Waals surface area contributed by atoms with Crippen LogP contribution in [0, 0.1) is 0 Å². The molecule has 2 fully saturated rings. The minimum Gasteiger partial charge on any atom is -0.464 e. The van der Waals surface area contributed by atoms with Crippen molar-refractivity contribution < 1.29 is 52.5 Å². The average molecular weight is 457 g/mol. The second-order valence-electron chi connectivity index (χ2n) is 7.64. The molecule has 12 heteroatoms. The van der Waals surface area contributed by atoms with E-state index in [0.29, 0.717) is 0 Å². The van der Waals surface area contributed by atoms with Gasteiger partial charge in [-0.1, -0.05) is 0 Å². The summed E-state index contributed by atoms with van der Waals surface area (Å²) in [4.78, 5) is 72.7. The van der Waals surface area contributed by atoms with Crippen LogP contribution in [0.25, 0.3) is 0 Å². The van der Waals surface area contributed by atoms with Gasteiger partial charge >= 0.3 is 29.8 Å². The lowest BCUT2D eigenvalue weighted by Crippen LogP contribution is -2.70. The molecule has 0 radical (unpaired) electrons. The molecule has 2 rings (SSSR count). The Morgan fingerprint density at radius 2 is 1.25 bits per heavy atom. The lowest BCUT2D eigenvalue weighted by atomic mass is 9.82. The van der Waals surface area contributed by atoms with Crippen LogP contribution in [0.15, 0.2) is 0 Å². The van der Waals surface area contributed by atoms with Crippen molar-refractivity contribution in [2.24, 2.45) is 0 Å². The van der Waals surface area contributed by atoms with E-state index in [4.69, 9.17) is 23.7 Å². The molecule has 0 spiro atoms. The average Bonchev–Trinajstić information content (AvgIpc) is 2.63. The predicted octanol–water partition coefficient (Wildman–Crippen LogP) is -0.350. The number of carbonyl (C=O) groups excluding carboxylic acids is 6. The van der Waals surface area contributed by atoms with E-state index in [1.807, 2.05) is 0 Å². The van der Waals surface area contributed by atoms with E-state index in [1.165, 1.54) is 18.7 Å². The lowest BCUT2D eigenvalue weighted by Gasteiger charge is -2.52. The van der Waals surface area contributed by atoms with Gasteiger partial charge < -0.3 is 28.6 Å². The second-order valence-corrected chi connectivity index (χ2v) is 7.64. The Kier molecular flexibility index (Phi) is 8.17. The van der Waals surface area contributed by atoms with Gasteiger partial charge in [-0.05, 0) is 0 Å². The molecule has 6 atom stereocenters. The number of rotatable bonds is 6. The summed E-state index contributed by atoms with van der Waals surface area (Å²) < 4.78 is 26.2. The third-order valence-corrected chi connectivity index (χ3v) is 5.03. The molecular weight excluding hydrogens is 430 g/mol. The Bertz CT molecular complexity index is 792. The summed E-state index contributed by atoms with van der Waals surface area (Å²) in [6.07, 6.45) is -4.47. The smallest absolute Gasteiger partial charge is 0.303 e. The van der Waals surface area contributed by atoms with Gasteiger partial charge in [0, 0.05) is 53.5 Å². The highest BCUT2D eigenvalue weighted by molar-refractivity contribution is 5.86. The molecule has 2 heterocycles. The van der Waals surface area contributed by atoms with Crippen molar-refractivity contribution in [2.75, 3.05) is 6.61 Å². The number of hydrogen-bond donors (Lipinski definition) is 0.